The second kappa shape index (κ2) is 11.7. The van der Waals surface area contributed by atoms with E-state index in [1.807, 2.05) is 29.2 Å². The van der Waals surface area contributed by atoms with Crippen LogP contribution in [0.1, 0.15) is 79.5 Å². The van der Waals surface area contributed by atoms with Crippen molar-refractivity contribution in [2.45, 2.75) is 70.2 Å². The number of carbonyl (C=O) groups excluding carboxylic acids is 1. The number of aromatic nitrogens is 1. The van der Waals surface area contributed by atoms with E-state index in [4.69, 9.17) is 10.5 Å². The number of ether oxygens (including phenoxy) is 1. The second-order valence-corrected chi connectivity index (χ2v) is 10.6. The van der Waals surface area contributed by atoms with E-state index in [2.05, 4.69) is 11.1 Å². The number of nitrogens with two attached hydrogens (primary N) is 1. The number of benzene rings is 2. The van der Waals surface area contributed by atoms with Crippen molar-refractivity contribution in [1.82, 2.24) is 9.88 Å². The maximum atomic E-state index is 13.5. The number of hydrogen-bond donors (Lipinski definition) is 1. The molecule has 5 rings (SSSR count). The summed E-state index contributed by atoms with van der Waals surface area (Å²) < 4.78 is 46.4. The van der Waals surface area contributed by atoms with Crippen LogP contribution in [0, 0.1) is 0 Å². The summed E-state index contributed by atoms with van der Waals surface area (Å²) in [5.41, 5.74) is 8.88. The average Bonchev–Trinajstić information content (AvgIpc) is 3.42. The number of hydrogen-bond acceptors (Lipinski definition) is 4. The summed E-state index contributed by atoms with van der Waals surface area (Å²) in [6.07, 6.45) is 6.33. The van der Waals surface area contributed by atoms with Crippen LogP contribution in [0.5, 0.6) is 5.75 Å². The van der Waals surface area contributed by atoms with Gasteiger partial charge in [-0.25, -0.2) is 4.98 Å². The van der Waals surface area contributed by atoms with Crippen molar-refractivity contribution in [2.24, 2.45) is 0 Å². The van der Waals surface area contributed by atoms with Gasteiger partial charge in [0.2, 0.25) is 0 Å². The summed E-state index contributed by atoms with van der Waals surface area (Å²) in [7, 11) is 0. The fourth-order valence-corrected chi connectivity index (χ4v) is 5.75. The van der Waals surface area contributed by atoms with Crippen LogP contribution < -0.4 is 10.5 Å². The number of halogens is 3. The van der Waals surface area contributed by atoms with Crippen LogP contribution in [0.4, 0.5) is 19.0 Å². The molecule has 8 heteroatoms. The minimum Gasteiger partial charge on any atom is -0.482 e. The van der Waals surface area contributed by atoms with Crippen LogP contribution in [-0.4, -0.2) is 28.4 Å². The molecule has 5 nitrogen and oxygen atoms in total. The number of alkyl halides is 3. The first-order valence-corrected chi connectivity index (χ1v) is 13.9. The van der Waals surface area contributed by atoms with Gasteiger partial charge in [-0.05, 0) is 81.7 Å². The van der Waals surface area contributed by atoms with Crippen molar-refractivity contribution >= 4 is 11.7 Å². The summed E-state index contributed by atoms with van der Waals surface area (Å²) in [6, 6.07) is 14.6. The highest BCUT2D eigenvalue weighted by Gasteiger charge is 2.35. The third kappa shape index (κ3) is 6.16. The zero-order valence-corrected chi connectivity index (χ0v) is 22.6. The van der Waals surface area contributed by atoms with Crippen molar-refractivity contribution in [3.63, 3.8) is 0 Å². The number of allylic oxidation sites excluding steroid dienone is 1. The smallest absolute Gasteiger partial charge is 0.416 e. The molecule has 0 bridgehead atoms. The molecule has 40 heavy (non-hydrogen) atoms. The van der Waals surface area contributed by atoms with E-state index in [1.54, 1.807) is 25.3 Å². The van der Waals surface area contributed by atoms with Crippen LogP contribution >= 0.6 is 0 Å². The Morgan fingerprint density at radius 3 is 2.60 bits per heavy atom. The Morgan fingerprint density at radius 1 is 1.10 bits per heavy atom. The Labute approximate surface area is 232 Å². The normalized spacial score (nSPS) is 18.4. The quantitative estimate of drug-likeness (QED) is 0.303. The molecule has 2 N–H and O–H groups in total. The summed E-state index contributed by atoms with van der Waals surface area (Å²) >= 11 is 0. The van der Waals surface area contributed by atoms with Gasteiger partial charge in [-0.2, -0.15) is 13.2 Å². The highest BCUT2D eigenvalue weighted by molar-refractivity contribution is 5.95. The molecule has 3 aromatic rings. The van der Waals surface area contributed by atoms with Crippen molar-refractivity contribution < 1.29 is 22.7 Å². The molecular weight excluding hydrogens is 515 g/mol. The minimum absolute atomic E-state index is 0.0164. The first-order chi connectivity index (χ1) is 19.2. The Balaban J connectivity index is 1.30. The number of amides is 1. The lowest BCUT2D eigenvalue weighted by Gasteiger charge is -2.27. The summed E-state index contributed by atoms with van der Waals surface area (Å²) in [4.78, 5) is 19.6. The maximum absolute atomic E-state index is 13.5. The Morgan fingerprint density at radius 2 is 1.88 bits per heavy atom. The van der Waals surface area contributed by atoms with Gasteiger partial charge in [-0.3, -0.25) is 4.79 Å². The fourth-order valence-electron chi connectivity index (χ4n) is 5.75. The van der Waals surface area contributed by atoms with E-state index < -0.39 is 17.8 Å². The van der Waals surface area contributed by atoms with Crippen molar-refractivity contribution in [2.75, 3.05) is 12.3 Å². The number of rotatable bonds is 7. The van der Waals surface area contributed by atoms with Crippen LogP contribution in [0.25, 0.3) is 11.1 Å². The molecule has 210 valence electrons. The molecule has 1 amide bonds. The van der Waals surface area contributed by atoms with Gasteiger partial charge in [0.25, 0.3) is 5.91 Å². The molecule has 1 aliphatic heterocycles. The standard InChI is InChI=1S/C32H34F3N3O2/c1-21(27-11-5-6-12-28(27)32(33,34)35)40-29-19-25(20-37-30(29)36)23-13-15-24(16-14-23)31(39)38-17-7-10-26(38)18-22-8-3-2-4-9-22/h5-6,8,11-16,19-21,26H,2-4,7,9-10,17-18H2,1H3,(H2,36,37)/t21?,26-/m1/s1. The van der Waals surface area contributed by atoms with Crippen molar-refractivity contribution in [3.05, 3.63) is 89.1 Å². The molecule has 1 aliphatic carbocycles. The number of anilines is 1. The van der Waals surface area contributed by atoms with Gasteiger partial charge in [0.15, 0.2) is 11.6 Å². The third-order valence-corrected chi connectivity index (χ3v) is 7.88. The number of likely N-dealkylation sites (tertiary alicyclic amines) is 1. The van der Waals surface area contributed by atoms with E-state index in [1.165, 1.54) is 30.5 Å². The second-order valence-electron chi connectivity index (χ2n) is 10.6. The molecule has 1 fully saturated rings. The van der Waals surface area contributed by atoms with E-state index in [9.17, 15) is 18.0 Å². The third-order valence-electron chi connectivity index (χ3n) is 7.88. The lowest BCUT2D eigenvalue weighted by molar-refractivity contribution is -0.138. The van der Waals surface area contributed by atoms with E-state index in [0.717, 1.165) is 50.3 Å². The molecule has 2 heterocycles. The van der Waals surface area contributed by atoms with E-state index >= 15 is 0 Å². The zero-order chi connectivity index (χ0) is 28.3. The lowest BCUT2D eigenvalue weighted by Crippen LogP contribution is -2.35. The van der Waals surface area contributed by atoms with Gasteiger partial charge in [0.1, 0.15) is 6.10 Å². The molecule has 0 radical (unpaired) electrons. The molecule has 1 unspecified atom stereocenters. The molecule has 0 saturated carbocycles. The number of nitrogen functional groups attached to an aromatic ring is 1. The van der Waals surface area contributed by atoms with Crippen molar-refractivity contribution in [1.29, 1.82) is 0 Å². The molecule has 2 aromatic carbocycles. The average molecular weight is 550 g/mol. The van der Waals surface area contributed by atoms with Gasteiger partial charge in [-0.1, -0.05) is 42.0 Å². The summed E-state index contributed by atoms with van der Waals surface area (Å²) in [6.45, 7) is 2.32. The number of pyridine rings is 1. The summed E-state index contributed by atoms with van der Waals surface area (Å²) in [5, 5.41) is 0. The first kappa shape index (κ1) is 27.7. The van der Waals surface area contributed by atoms with Gasteiger partial charge in [-0.15, -0.1) is 0 Å². The zero-order valence-electron chi connectivity index (χ0n) is 22.6. The molecule has 2 aliphatic rings. The van der Waals surface area contributed by atoms with Gasteiger partial charge >= 0.3 is 6.18 Å². The van der Waals surface area contributed by atoms with Gasteiger partial charge in [0, 0.05) is 35.5 Å². The van der Waals surface area contributed by atoms with E-state index in [0.29, 0.717) is 11.1 Å². The Bertz CT molecular complexity index is 1380. The largest absolute Gasteiger partial charge is 0.482 e. The molecule has 2 atom stereocenters. The van der Waals surface area contributed by atoms with Crippen LogP contribution in [0.2, 0.25) is 0 Å². The van der Waals surface area contributed by atoms with Crippen molar-refractivity contribution in [3.8, 4) is 16.9 Å². The van der Waals surface area contributed by atoms with Crippen LogP contribution in [0.15, 0.2) is 72.4 Å². The molecule has 1 aromatic heterocycles. The molecule has 0 spiro atoms. The predicted molar refractivity (Wildman–Crippen MR) is 150 cm³/mol. The van der Waals surface area contributed by atoms with E-state index in [-0.39, 0.29) is 29.1 Å². The first-order valence-electron chi connectivity index (χ1n) is 13.9. The SMILES string of the molecule is CC(Oc1cc(-c2ccc(C(=O)N3CCC[C@@H]3CC3=CCCCC3)cc2)cnc1N)c1ccccc1C(F)(F)F. The lowest BCUT2D eigenvalue weighted by atomic mass is 9.93. The Hall–Kier alpha value is -3.81. The molecular formula is C32H34F3N3O2. The number of nitrogens with zero attached hydrogens (tertiary/aromatic N) is 2. The summed E-state index contributed by atoms with van der Waals surface area (Å²) in [5.74, 6) is 0.321. The minimum atomic E-state index is -4.50. The number of carbonyl (C=O) groups is 1. The van der Waals surface area contributed by atoms with Crippen LogP contribution in [0.3, 0.4) is 0 Å². The monoisotopic (exact) mass is 549 g/mol. The highest BCUT2D eigenvalue weighted by atomic mass is 19.4. The highest BCUT2D eigenvalue weighted by Crippen LogP contribution is 2.37. The maximum Gasteiger partial charge on any atom is 0.416 e. The topological polar surface area (TPSA) is 68.5 Å². The Kier molecular flexibility index (Phi) is 8.14. The van der Waals surface area contributed by atoms with Gasteiger partial charge in [0.05, 0.1) is 5.56 Å². The fraction of sp³-hybridized carbons (Fsp3) is 0.375. The van der Waals surface area contributed by atoms with Crippen LogP contribution in [-0.2, 0) is 6.18 Å². The van der Waals surface area contributed by atoms with Gasteiger partial charge < -0.3 is 15.4 Å². The predicted octanol–water partition coefficient (Wildman–Crippen LogP) is 7.98. The molecule has 1 saturated heterocycles.